The average Bonchev–Trinajstić information content (AvgIpc) is 2.76. The third-order valence-corrected chi connectivity index (χ3v) is 23.9. The Balaban J connectivity index is 3.40. The van der Waals surface area contributed by atoms with E-state index in [9.17, 15) is 9.90 Å². The summed E-state index contributed by atoms with van der Waals surface area (Å²) in [6, 6.07) is 9.58. The first-order chi connectivity index (χ1) is 14.0. The minimum absolute atomic E-state index is 0.0826. The molecule has 166 valence electrons. The standard InChI is InChI=1S/C12H16NO3.3C4H9.Sn/c1-3-13(12(15)16-2)11(9-14)10-7-5-4-6-8-10;3*1-3-4-2;/h3-8,11,14H,9H2,1-2H3;3*1,3-4H2,2H3;/t11-;;;;/m0..../s1. The summed E-state index contributed by atoms with van der Waals surface area (Å²) in [7, 11) is 1.46. The number of rotatable bonds is 14. The first-order valence-corrected chi connectivity index (χ1v) is 19.2. The van der Waals surface area contributed by atoms with Gasteiger partial charge in [0.1, 0.15) is 0 Å². The zero-order valence-electron chi connectivity index (χ0n) is 19.3. The van der Waals surface area contributed by atoms with E-state index in [0.717, 1.165) is 5.56 Å². The van der Waals surface area contributed by atoms with Crippen molar-refractivity contribution < 1.29 is 14.6 Å². The van der Waals surface area contributed by atoms with Gasteiger partial charge in [0.05, 0.1) is 0 Å². The molecular formula is C24H43NO3Sn. The summed E-state index contributed by atoms with van der Waals surface area (Å²) in [6.45, 7) is 8.97. The van der Waals surface area contributed by atoms with Crippen molar-refractivity contribution >= 4 is 24.5 Å². The van der Waals surface area contributed by atoms with Crippen LogP contribution in [0.5, 0.6) is 0 Å². The second-order valence-corrected chi connectivity index (χ2v) is 22.8. The third kappa shape index (κ3) is 7.46. The van der Waals surface area contributed by atoms with Gasteiger partial charge >= 0.3 is 183 Å². The van der Waals surface area contributed by atoms with Gasteiger partial charge in [0, 0.05) is 0 Å². The number of ether oxygens (including phenoxy) is 1. The fourth-order valence-electron chi connectivity index (χ4n) is 4.57. The predicted octanol–water partition coefficient (Wildman–Crippen LogP) is 6.57. The summed E-state index contributed by atoms with van der Waals surface area (Å²) in [5.41, 5.74) is 0.980. The molecule has 0 bridgehead atoms. The van der Waals surface area contributed by atoms with Gasteiger partial charge in [-0.1, -0.05) is 0 Å². The number of aliphatic hydroxyl groups excluding tert-OH is 1. The Bertz CT molecular complexity index is 545. The molecule has 1 aromatic carbocycles. The first kappa shape index (κ1) is 26.3. The van der Waals surface area contributed by atoms with Crippen LogP contribution in [0.4, 0.5) is 4.79 Å². The molecule has 1 amide bonds. The van der Waals surface area contributed by atoms with Crippen LogP contribution < -0.4 is 0 Å². The van der Waals surface area contributed by atoms with Crippen molar-refractivity contribution in [3.63, 3.8) is 0 Å². The number of nitrogens with zero attached hydrogens (tertiary/aromatic N) is 1. The van der Waals surface area contributed by atoms with Gasteiger partial charge in [0.15, 0.2) is 0 Å². The third-order valence-electron chi connectivity index (χ3n) is 6.47. The van der Waals surface area contributed by atoms with Crippen LogP contribution >= 0.6 is 0 Å². The Labute approximate surface area is 182 Å². The van der Waals surface area contributed by atoms with Gasteiger partial charge in [-0.05, 0) is 0 Å². The monoisotopic (exact) mass is 513 g/mol. The van der Waals surface area contributed by atoms with E-state index in [1.54, 1.807) is 0 Å². The number of aliphatic hydroxyl groups is 1. The van der Waals surface area contributed by atoms with Crippen molar-refractivity contribution in [3.8, 4) is 0 Å². The molecule has 1 N–H and O–H groups in total. The summed E-state index contributed by atoms with van der Waals surface area (Å²) in [6.07, 6.45) is 7.04. The molecule has 5 heteroatoms. The van der Waals surface area contributed by atoms with Crippen molar-refractivity contribution in [3.05, 3.63) is 35.9 Å². The predicted molar refractivity (Wildman–Crippen MR) is 125 cm³/mol. The van der Waals surface area contributed by atoms with Crippen LogP contribution in [0.1, 0.15) is 77.8 Å². The van der Waals surface area contributed by atoms with Gasteiger partial charge in [-0.15, -0.1) is 0 Å². The fraction of sp³-hybridized carbons (Fsp3) is 0.708. The Hall–Kier alpha value is -0.751. The van der Waals surface area contributed by atoms with Crippen molar-refractivity contribution in [1.29, 1.82) is 0 Å². The van der Waals surface area contributed by atoms with Crippen LogP contribution in [0.3, 0.4) is 0 Å². The van der Waals surface area contributed by atoms with Gasteiger partial charge in [-0.2, -0.15) is 0 Å². The van der Waals surface area contributed by atoms with Gasteiger partial charge in [0.25, 0.3) is 0 Å². The maximum atomic E-state index is 13.0. The quantitative estimate of drug-likeness (QED) is 0.287. The molecule has 0 saturated carbocycles. The summed E-state index contributed by atoms with van der Waals surface area (Å²) in [4.78, 5) is 14.9. The number of hydrogen-bond donors (Lipinski definition) is 1. The Morgan fingerprint density at radius 2 is 1.48 bits per heavy atom. The van der Waals surface area contributed by atoms with E-state index in [2.05, 4.69) is 27.7 Å². The Morgan fingerprint density at radius 3 is 1.86 bits per heavy atom. The minimum atomic E-state index is -2.75. The molecular weight excluding hydrogens is 469 g/mol. The number of carbonyl (C=O) groups excluding carboxylic acids is 1. The average molecular weight is 512 g/mol. The first-order valence-electron chi connectivity index (χ1n) is 11.5. The molecule has 1 aromatic rings. The number of unbranched alkanes of at least 4 members (excludes halogenated alkanes) is 3. The van der Waals surface area contributed by atoms with Crippen molar-refractivity contribution in [1.82, 2.24) is 4.90 Å². The summed E-state index contributed by atoms with van der Waals surface area (Å²) in [5.74, 6) is 0. The topological polar surface area (TPSA) is 49.8 Å². The fourth-order valence-corrected chi connectivity index (χ4v) is 21.8. The Kier molecular flexibility index (Phi) is 13.0. The van der Waals surface area contributed by atoms with Crippen molar-refractivity contribution in [2.24, 2.45) is 0 Å². The van der Waals surface area contributed by atoms with Crippen LogP contribution in [0.25, 0.3) is 0 Å². The summed E-state index contributed by atoms with van der Waals surface area (Å²) < 4.78 is 9.39. The molecule has 0 spiro atoms. The van der Waals surface area contributed by atoms with Crippen LogP contribution in [0.15, 0.2) is 30.3 Å². The van der Waals surface area contributed by atoms with E-state index in [1.165, 1.54) is 58.9 Å². The molecule has 0 heterocycles. The summed E-state index contributed by atoms with van der Waals surface area (Å²) >= 11 is -2.75. The zero-order chi connectivity index (χ0) is 21.7. The van der Waals surface area contributed by atoms with Crippen molar-refractivity contribution in [2.45, 2.75) is 89.6 Å². The molecule has 0 aliphatic rings. The van der Waals surface area contributed by atoms with E-state index >= 15 is 0 Å². The van der Waals surface area contributed by atoms with Crippen LogP contribution in [0, 0.1) is 0 Å². The molecule has 0 aromatic heterocycles. The number of benzene rings is 1. The number of hydrogen-bond acceptors (Lipinski definition) is 3. The molecule has 29 heavy (non-hydrogen) atoms. The molecule has 0 fully saturated rings. The Morgan fingerprint density at radius 1 is 1.00 bits per heavy atom. The molecule has 0 saturated heterocycles. The maximum absolute atomic E-state index is 13.0. The number of carbonyl (C=O) groups is 1. The molecule has 1 rings (SSSR count). The number of methoxy groups -OCH3 is 1. The van der Waals surface area contributed by atoms with Crippen LogP contribution in [-0.4, -0.2) is 52.3 Å². The van der Waals surface area contributed by atoms with E-state index in [1.807, 2.05) is 35.2 Å². The zero-order valence-corrected chi connectivity index (χ0v) is 22.2. The van der Waals surface area contributed by atoms with E-state index in [0.29, 0.717) is 0 Å². The van der Waals surface area contributed by atoms with E-state index < -0.39 is 18.4 Å². The van der Waals surface area contributed by atoms with E-state index in [-0.39, 0.29) is 22.8 Å². The summed E-state index contributed by atoms with van der Waals surface area (Å²) in [5, 5.41) is 10.3. The van der Waals surface area contributed by atoms with Gasteiger partial charge in [-0.3, -0.25) is 0 Å². The van der Waals surface area contributed by atoms with Gasteiger partial charge in [0.2, 0.25) is 0 Å². The molecule has 0 aliphatic carbocycles. The molecule has 0 unspecified atom stereocenters. The van der Waals surface area contributed by atoms with E-state index in [4.69, 9.17) is 4.74 Å². The normalized spacial score (nSPS) is 13.7. The van der Waals surface area contributed by atoms with Gasteiger partial charge in [-0.25, -0.2) is 0 Å². The van der Waals surface area contributed by atoms with Crippen molar-refractivity contribution in [2.75, 3.05) is 13.7 Å². The van der Waals surface area contributed by atoms with Gasteiger partial charge < -0.3 is 0 Å². The molecule has 2 atom stereocenters. The SMILES string of the molecule is CCC[CH2][Sn]([CH2]CCC)([CH2]CCC)[C@@H](C)N(C(=O)OC)[C@@H](CO)c1ccccc1. The second-order valence-electron chi connectivity index (χ2n) is 8.34. The molecule has 0 aliphatic heterocycles. The molecule has 0 radical (unpaired) electrons. The number of amides is 1. The van der Waals surface area contributed by atoms with Crippen LogP contribution in [0.2, 0.25) is 13.3 Å². The molecule has 4 nitrogen and oxygen atoms in total. The van der Waals surface area contributed by atoms with Crippen LogP contribution in [-0.2, 0) is 4.74 Å². The second kappa shape index (κ2) is 14.3.